The van der Waals surface area contributed by atoms with Crippen LogP contribution in [0.25, 0.3) is 0 Å². The highest BCUT2D eigenvalue weighted by atomic mass is 19.4. The molecule has 3 rings (SSSR count). The topological polar surface area (TPSA) is 66.6 Å². The third-order valence-corrected chi connectivity index (χ3v) is 4.11. The van der Waals surface area contributed by atoms with E-state index in [0.717, 1.165) is 12.0 Å². The standard InChI is InChI=1S/C16H14F4N2O3/c17-11-5-3-9(4-6-11)10-2-1-7-22(8-10)15-21-13(16(18,19)20)12(25-15)14(23)24/h3-6,10H,1-2,7-8H2,(H,23,24). The minimum atomic E-state index is -4.92. The van der Waals surface area contributed by atoms with E-state index in [1.807, 2.05) is 0 Å². The van der Waals surface area contributed by atoms with Gasteiger partial charge in [0, 0.05) is 19.0 Å². The van der Waals surface area contributed by atoms with Crippen molar-refractivity contribution in [2.24, 2.45) is 0 Å². The first-order valence-corrected chi connectivity index (χ1v) is 7.57. The van der Waals surface area contributed by atoms with E-state index in [1.165, 1.54) is 17.0 Å². The zero-order valence-electron chi connectivity index (χ0n) is 12.9. The van der Waals surface area contributed by atoms with Gasteiger partial charge in [0.05, 0.1) is 0 Å². The number of rotatable bonds is 3. The second-order valence-electron chi connectivity index (χ2n) is 5.81. The van der Waals surface area contributed by atoms with Gasteiger partial charge in [-0.3, -0.25) is 0 Å². The number of aromatic carboxylic acids is 1. The lowest BCUT2D eigenvalue weighted by atomic mass is 9.91. The number of hydrogen-bond acceptors (Lipinski definition) is 4. The molecular formula is C16H14F4N2O3. The maximum Gasteiger partial charge on any atom is 0.437 e. The summed E-state index contributed by atoms with van der Waals surface area (Å²) in [4.78, 5) is 15.8. The van der Waals surface area contributed by atoms with Crippen LogP contribution in [0.5, 0.6) is 0 Å². The van der Waals surface area contributed by atoms with Crippen molar-refractivity contribution in [1.82, 2.24) is 4.98 Å². The number of alkyl halides is 3. The van der Waals surface area contributed by atoms with E-state index >= 15 is 0 Å². The maximum absolute atomic E-state index is 13.0. The van der Waals surface area contributed by atoms with Gasteiger partial charge in [0.25, 0.3) is 6.01 Å². The molecule has 1 unspecified atom stereocenters. The average Bonchev–Trinajstić information content (AvgIpc) is 3.02. The molecule has 0 spiro atoms. The highest BCUT2D eigenvalue weighted by molar-refractivity contribution is 5.86. The van der Waals surface area contributed by atoms with Crippen molar-refractivity contribution in [1.29, 1.82) is 0 Å². The smallest absolute Gasteiger partial charge is 0.437 e. The van der Waals surface area contributed by atoms with Gasteiger partial charge < -0.3 is 14.4 Å². The Morgan fingerprint density at radius 3 is 2.52 bits per heavy atom. The number of oxazole rings is 1. The van der Waals surface area contributed by atoms with Crippen LogP contribution in [0.2, 0.25) is 0 Å². The number of carboxylic acid groups (broad SMARTS) is 1. The summed E-state index contributed by atoms with van der Waals surface area (Å²) in [5, 5.41) is 8.91. The lowest BCUT2D eigenvalue weighted by Crippen LogP contribution is -2.34. The Morgan fingerprint density at radius 2 is 1.96 bits per heavy atom. The molecular weight excluding hydrogens is 344 g/mol. The van der Waals surface area contributed by atoms with Crippen molar-refractivity contribution in [3.8, 4) is 0 Å². The van der Waals surface area contributed by atoms with Crippen molar-refractivity contribution >= 4 is 12.0 Å². The third-order valence-electron chi connectivity index (χ3n) is 4.11. The predicted molar refractivity (Wildman–Crippen MR) is 79.1 cm³/mol. The fourth-order valence-electron chi connectivity index (χ4n) is 2.94. The SMILES string of the molecule is O=C(O)c1oc(N2CCCC(c3ccc(F)cc3)C2)nc1C(F)(F)F. The van der Waals surface area contributed by atoms with Crippen LogP contribution < -0.4 is 4.90 Å². The monoisotopic (exact) mass is 358 g/mol. The number of halogens is 4. The molecule has 1 fully saturated rings. The summed E-state index contributed by atoms with van der Waals surface area (Å²) < 4.78 is 56.7. The van der Waals surface area contributed by atoms with E-state index in [1.54, 1.807) is 12.1 Å². The second kappa shape index (κ2) is 6.38. The summed E-state index contributed by atoms with van der Waals surface area (Å²) in [6, 6.07) is 5.54. The van der Waals surface area contributed by atoms with E-state index < -0.39 is 23.6 Å². The largest absolute Gasteiger partial charge is 0.475 e. The van der Waals surface area contributed by atoms with Gasteiger partial charge in [0.1, 0.15) is 5.82 Å². The van der Waals surface area contributed by atoms with Gasteiger partial charge in [-0.15, -0.1) is 0 Å². The number of nitrogens with zero attached hydrogens (tertiary/aromatic N) is 2. The van der Waals surface area contributed by atoms with E-state index in [-0.39, 0.29) is 17.7 Å². The Morgan fingerprint density at radius 1 is 1.28 bits per heavy atom. The highest BCUT2D eigenvalue weighted by Gasteiger charge is 2.42. The molecule has 5 nitrogen and oxygen atoms in total. The van der Waals surface area contributed by atoms with Crippen LogP contribution in [-0.4, -0.2) is 29.1 Å². The predicted octanol–water partition coefficient (Wildman–Crippen LogP) is 3.91. The van der Waals surface area contributed by atoms with Crippen molar-refractivity contribution in [3.63, 3.8) is 0 Å². The van der Waals surface area contributed by atoms with Gasteiger partial charge in [-0.1, -0.05) is 12.1 Å². The first-order chi connectivity index (χ1) is 11.8. The molecule has 9 heteroatoms. The zero-order chi connectivity index (χ0) is 18.2. The van der Waals surface area contributed by atoms with Crippen LogP contribution in [0.1, 0.15) is 40.6 Å². The molecule has 25 heavy (non-hydrogen) atoms. The van der Waals surface area contributed by atoms with Gasteiger partial charge in [0.2, 0.25) is 5.76 Å². The minimum Gasteiger partial charge on any atom is -0.475 e. The number of carbonyl (C=O) groups is 1. The Hall–Kier alpha value is -2.58. The van der Waals surface area contributed by atoms with Crippen LogP contribution in [0, 0.1) is 5.82 Å². The normalized spacial score (nSPS) is 18.4. The fourth-order valence-corrected chi connectivity index (χ4v) is 2.94. The number of piperidine rings is 1. The van der Waals surface area contributed by atoms with Gasteiger partial charge in [-0.05, 0) is 30.5 Å². The number of benzene rings is 1. The summed E-state index contributed by atoms with van der Waals surface area (Å²) in [5.74, 6) is -3.45. The quantitative estimate of drug-likeness (QED) is 0.843. The van der Waals surface area contributed by atoms with E-state index in [4.69, 9.17) is 9.52 Å². The van der Waals surface area contributed by atoms with E-state index in [9.17, 15) is 22.4 Å². The molecule has 1 aromatic carbocycles. The molecule has 1 aliphatic heterocycles. The Bertz CT molecular complexity index is 771. The van der Waals surface area contributed by atoms with Crippen LogP contribution in [0.4, 0.5) is 23.6 Å². The summed E-state index contributed by atoms with van der Waals surface area (Å²) in [7, 11) is 0. The summed E-state index contributed by atoms with van der Waals surface area (Å²) in [5.41, 5.74) is -0.689. The summed E-state index contributed by atoms with van der Waals surface area (Å²) in [6.07, 6.45) is -3.48. The first-order valence-electron chi connectivity index (χ1n) is 7.57. The van der Waals surface area contributed by atoms with Crippen LogP contribution in [-0.2, 0) is 6.18 Å². The fraction of sp³-hybridized carbons (Fsp3) is 0.375. The minimum absolute atomic E-state index is 0.0381. The molecule has 1 aromatic heterocycles. The summed E-state index contributed by atoms with van der Waals surface area (Å²) >= 11 is 0. The Labute approximate surface area is 139 Å². The van der Waals surface area contributed by atoms with Crippen LogP contribution in [0.15, 0.2) is 28.7 Å². The van der Waals surface area contributed by atoms with Crippen molar-refractivity contribution in [2.75, 3.05) is 18.0 Å². The third kappa shape index (κ3) is 3.59. The first kappa shape index (κ1) is 17.2. The number of aromatic nitrogens is 1. The van der Waals surface area contributed by atoms with Crippen molar-refractivity contribution in [3.05, 3.63) is 47.1 Å². The maximum atomic E-state index is 13.0. The lowest BCUT2D eigenvalue weighted by Gasteiger charge is -2.31. The van der Waals surface area contributed by atoms with Crippen LogP contribution >= 0.6 is 0 Å². The van der Waals surface area contributed by atoms with E-state index in [0.29, 0.717) is 19.5 Å². The molecule has 2 heterocycles. The number of carboxylic acids is 1. The average molecular weight is 358 g/mol. The van der Waals surface area contributed by atoms with Gasteiger partial charge >= 0.3 is 12.1 Å². The van der Waals surface area contributed by atoms with Crippen molar-refractivity contribution < 1.29 is 31.9 Å². The second-order valence-corrected chi connectivity index (χ2v) is 5.81. The lowest BCUT2D eigenvalue weighted by molar-refractivity contribution is -0.141. The Balaban J connectivity index is 1.86. The Kier molecular flexibility index (Phi) is 4.40. The molecule has 1 N–H and O–H groups in total. The van der Waals surface area contributed by atoms with Gasteiger partial charge in [-0.2, -0.15) is 18.2 Å². The molecule has 1 atom stereocenters. The van der Waals surface area contributed by atoms with Gasteiger partial charge in [0.15, 0.2) is 5.69 Å². The van der Waals surface area contributed by atoms with Crippen molar-refractivity contribution in [2.45, 2.75) is 24.9 Å². The highest BCUT2D eigenvalue weighted by Crippen LogP contribution is 2.36. The van der Waals surface area contributed by atoms with E-state index in [2.05, 4.69) is 4.98 Å². The number of hydrogen-bond donors (Lipinski definition) is 1. The van der Waals surface area contributed by atoms with Crippen LogP contribution in [0.3, 0.4) is 0 Å². The zero-order valence-corrected chi connectivity index (χ0v) is 12.9. The molecule has 0 aliphatic carbocycles. The summed E-state index contributed by atoms with van der Waals surface area (Å²) in [6.45, 7) is 0.705. The molecule has 134 valence electrons. The molecule has 0 bridgehead atoms. The number of anilines is 1. The molecule has 2 aromatic rings. The molecule has 0 amide bonds. The molecule has 1 aliphatic rings. The molecule has 0 radical (unpaired) electrons. The van der Waals surface area contributed by atoms with Gasteiger partial charge in [-0.25, -0.2) is 9.18 Å². The molecule has 0 saturated carbocycles. The molecule has 1 saturated heterocycles.